The van der Waals surface area contributed by atoms with Gasteiger partial charge in [0.2, 0.25) is 0 Å². The zero-order chi connectivity index (χ0) is 17.5. The fourth-order valence-corrected chi connectivity index (χ4v) is 3.11. The summed E-state index contributed by atoms with van der Waals surface area (Å²) in [6.45, 7) is 4.68. The summed E-state index contributed by atoms with van der Waals surface area (Å²) in [4.78, 5) is 8.60. The number of fused-ring (bicyclic) bond motifs is 1. The maximum absolute atomic E-state index is 5.72. The van der Waals surface area contributed by atoms with Crippen molar-refractivity contribution in [2.75, 3.05) is 20.2 Å². The molecule has 0 bridgehead atoms. The number of aryl methyl sites for hydroxylation is 2. The van der Waals surface area contributed by atoms with Crippen molar-refractivity contribution in [3.8, 4) is 5.75 Å². The fourth-order valence-electron chi connectivity index (χ4n) is 3.11. The molecule has 0 amide bonds. The highest BCUT2D eigenvalue weighted by molar-refractivity contribution is 5.80. The predicted molar refractivity (Wildman–Crippen MR) is 100.0 cm³/mol. The van der Waals surface area contributed by atoms with Gasteiger partial charge < -0.3 is 19.9 Å². The van der Waals surface area contributed by atoms with Crippen molar-refractivity contribution in [1.29, 1.82) is 0 Å². The average Bonchev–Trinajstić information content (AvgIpc) is 3.05. The number of benzene rings is 1. The number of para-hydroxylation sites is 1. The van der Waals surface area contributed by atoms with Gasteiger partial charge in [-0.05, 0) is 25.8 Å². The molecule has 2 heterocycles. The molecular formula is C19H27N5O. The summed E-state index contributed by atoms with van der Waals surface area (Å²) >= 11 is 0. The third kappa shape index (κ3) is 4.53. The minimum absolute atomic E-state index is 0.241. The lowest BCUT2D eigenvalue weighted by molar-refractivity contribution is 0.261. The largest absolute Gasteiger partial charge is 0.493 e. The maximum Gasteiger partial charge on any atom is 0.191 e. The molecule has 0 saturated heterocycles. The van der Waals surface area contributed by atoms with Gasteiger partial charge >= 0.3 is 0 Å². The third-order valence-corrected chi connectivity index (χ3v) is 4.53. The highest BCUT2D eigenvalue weighted by Crippen LogP contribution is 2.31. The number of ether oxygens (including phenoxy) is 1. The Morgan fingerprint density at radius 3 is 3.04 bits per heavy atom. The van der Waals surface area contributed by atoms with E-state index in [1.54, 1.807) is 0 Å². The number of imidazole rings is 1. The number of unbranched alkanes of at least 4 members (excludes halogenated alkanes) is 1. The molecule has 1 atom stereocenters. The molecule has 0 spiro atoms. The van der Waals surface area contributed by atoms with Crippen molar-refractivity contribution in [3.63, 3.8) is 0 Å². The first-order valence-corrected chi connectivity index (χ1v) is 8.94. The lowest BCUT2D eigenvalue weighted by Gasteiger charge is -2.28. The Labute approximate surface area is 149 Å². The molecule has 0 saturated carbocycles. The molecule has 134 valence electrons. The van der Waals surface area contributed by atoms with Crippen molar-refractivity contribution >= 4 is 5.96 Å². The van der Waals surface area contributed by atoms with Gasteiger partial charge in [0.05, 0.1) is 12.6 Å². The summed E-state index contributed by atoms with van der Waals surface area (Å²) in [5.74, 6) is 2.89. The molecular weight excluding hydrogens is 314 g/mol. The van der Waals surface area contributed by atoms with Gasteiger partial charge in [-0.2, -0.15) is 0 Å². The Kier molecular flexibility index (Phi) is 5.93. The van der Waals surface area contributed by atoms with Crippen LogP contribution in [0.15, 0.2) is 41.7 Å². The summed E-state index contributed by atoms with van der Waals surface area (Å²) in [6.07, 6.45) is 7.03. The molecule has 3 rings (SSSR count). The minimum Gasteiger partial charge on any atom is -0.493 e. The molecule has 25 heavy (non-hydrogen) atoms. The van der Waals surface area contributed by atoms with E-state index in [4.69, 9.17) is 4.74 Å². The topological polar surface area (TPSA) is 63.5 Å². The van der Waals surface area contributed by atoms with Crippen LogP contribution in [0.25, 0.3) is 0 Å². The van der Waals surface area contributed by atoms with E-state index < -0.39 is 0 Å². The van der Waals surface area contributed by atoms with Gasteiger partial charge in [0.1, 0.15) is 11.6 Å². The summed E-state index contributed by atoms with van der Waals surface area (Å²) in [5, 5.41) is 6.93. The van der Waals surface area contributed by atoms with Gasteiger partial charge in [0, 0.05) is 44.5 Å². The number of aliphatic imine (C=N–C) groups is 1. The van der Waals surface area contributed by atoms with E-state index >= 15 is 0 Å². The Balaban J connectivity index is 1.44. The third-order valence-electron chi connectivity index (χ3n) is 4.53. The second-order valence-corrected chi connectivity index (χ2v) is 6.25. The number of rotatable bonds is 6. The van der Waals surface area contributed by atoms with Crippen LogP contribution in [0.5, 0.6) is 5.75 Å². The highest BCUT2D eigenvalue weighted by atomic mass is 16.5. The molecule has 1 aromatic heterocycles. The van der Waals surface area contributed by atoms with Crippen molar-refractivity contribution < 1.29 is 4.74 Å². The molecule has 0 aliphatic carbocycles. The smallest absolute Gasteiger partial charge is 0.191 e. The quantitative estimate of drug-likeness (QED) is 0.482. The van der Waals surface area contributed by atoms with Crippen LogP contribution in [0.2, 0.25) is 0 Å². The fraction of sp³-hybridized carbons (Fsp3) is 0.474. The molecule has 0 fully saturated rings. The first-order chi connectivity index (χ1) is 12.3. The van der Waals surface area contributed by atoms with Gasteiger partial charge in [0.15, 0.2) is 5.96 Å². The number of nitrogens with zero attached hydrogens (tertiary/aromatic N) is 3. The first-order valence-electron chi connectivity index (χ1n) is 8.94. The van der Waals surface area contributed by atoms with E-state index in [1.165, 1.54) is 5.56 Å². The summed E-state index contributed by atoms with van der Waals surface area (Å²) in [6, 6.07) is 8.45. The monoisotopic (exact) mass is 341 g/mol. The van der Waals surface area contributed by atoms with E-state index in [9.17, 15) is 0 Å². The summed E-state index contributed by atoms with van der Waals surface area (Å²) in [7, 11) is 1.81. The van der Waals surface area contributed by atoms with Crippen LogP contribution in [-0.4, -0.2) is 35.7 Å². The highest BCUT2D eigenvalue weighted by Gasteiger charge is 2.21. The SMILES string of the molecule is CN=C(NCCCCn1ccnc1C)NC1CCOc2ccccc21. The van der Waals surface area contributed by atoms with Crippen LogP contribution in [0, 0.1) is 6.92 Å². The molecule has 1 aromatic carbocycles. The van der Waals surface area contributed by atoms with Crippen LogP contribution in [0.4, 0.5) is 0 Å². The van der Waals surface area contributed by atoms with E-state index in [2.05, 4.69) is 37.3 Å². The zero-order valence-electron chi connectivity index (χ0n) is 15.0. The van der Waals surface area contributed by atoms with Gasteiger partial charge in [-0.3, -0.25) is 4.99 Å². The number of guanidine groups is 1. The molecule has 2 N–H and O–H groups in total. The zero-order valence-corrected chi connectivity index (χ0v) is 15.0. The van der Waals surface area contributed by atoms with Crippen LogP contribution < -0.4 is 15.4 Å². The molecule has 6 nitrogen and oxygen atoms in total. The van der Waals surface area contributed by atoms with Crippen LogP contribution >= 0.6 is 0 Å². The molecule has 1 aliphatic rings. The van der Waals surface area contributed by atoms with Crippen LogP contribution in [0.1, 0.15) is 36.7 Å². The molecule has 6 heteroatoms. The van der Waals surface area contributed by atoms with Gasteiger partial charge in [-0.1, -0.05) is 18.2 Å². The van der Waals surface area contributed by atoms with Crippen molar-refractivity contribution in [3.05, 3.63) is 48.0 Å². The van der Waals surface area contributed by atoms with Gasteiger partial charge in [0.25, 0.3) is 0 Å². The second kappa shape index (κ2) is 8.55. The molecule has 2 aromatic rings. The molecule has 1 aliphatic heterocycles. The summed E-state index contributed by atoms with van der Waals surface area (Å²) in [5.41, 5.74) is 1.20. The first kappa shape index (κ1) is 17.3. The minimum atomic E-state index is 0.241. The van der Waals surface area contributed by atoms with Crippen LogP contribution in [0.3, 0.4) is 0 Å². The predicted octanol–water partition coefficient (Wildman–Crippen LogP) is 2.66. The normalized spacial score (nSPS) is 16.9. The maximum atomic E-state index is 5.72. The van der Waals surface area contributed by atoms with E-state index in [1.807, 2.05) is 38.5 Å². The molecule has 1 unspecified atom stereocenters. The van der Waals surface area contributed by atoms with Crippen molar-refractivity contribution in [2.45, 2.75) is 38.8 Å². The van der Waals surface area contributed by atoms with Crippen molar-refractivity contribution in [2.24, 2.45) is 4.99 Å². The Hall–Kier alpha value is -2.50. The average molecular weight is 341 g/mol. The van der Waals surface area contributed by atoms with E-state index in [-0.39, 0.29) is 6.04 Å². The Morgan fingerprint density at radius 2 is 2.24 bits per heavy atom. The van der Waals surface area contributed by atoms with Crippen molar-refractivity contribution in [1.82, 2.24) is 20.2 Å². The van der Waals surface area contributed by atoms with Crippen LogP contribution in [-0.2, 0) is 6.54 Å². The molecule has 0 radical (unpaired) electrons. The van der Waals surface area contributed by atoms with Gasteiger partial charge in [-0.15, -0.1) is 0 Å². The number of nitrogens with one attached hydrogen (secondary N) is 2. The van der Waals surface area contributed by atoms with E-state index in [0.717, 1.165) is 56.5 Å². The standard InChI is InChI=1S/C19H27N5O/c1-15-21-11-13-24(15)12-6-5-10-22-19(20-2)23-17-9-14-25-18-8-4-3-7-16(17)18/h3-4,7-8,11,13,17H,5-6,9-10,12,14H2,1-2H3,(H2,20,22,23). The number of hydrogen-bond donors (Lipinski definition) is 2. The Morgan fingerprint density at radius 1 is 1.36 bits per heavy atom. The lowest BCUT2D eigenvalue weighted by Crippen LogP contribution is -2.41. The van der Waals surface area contributed by atoms with Gasteiger partial charge in [-0.25, -0.2) is 4.98 Å². The number of hydrogen-bond acceptors (Lipinski definition) is 3. The Bertz CT molecular complexity index is 709. The second-order valence-electron chi connectivity index (χ2n) is 6.25. The number of aromatic nitrogens is 2. The van der Waals surface area contributed by atoms with E-state index in [0.29, 0.717) is 0 Å². The lowest BCUT2D eigenvalue weighted by atomic mass is 10.0. The summed E-state index contributed by atoms with van der Waals surface area (Å²) < 4.78 is 7.91.